The molecule has 1 unspecified atom stereocenters. The summed E-state index contributed by atoms with van der Waals surface area (Å²) in [5.41, 5.74) is 6.33. The van der Waals surface area contributed by atoms with Gasteiger partial charge in [-0.1, -0.05) is 0 Å². The standard InChI is InChI=1S/C18H27N5O3/c1-18(2,3)26-17(25)22-8-6-21(7-9-22)14-4-5-15(20-11-14)23-12-13(19)10-16(23)24/h4-5,11,13H,6-10,12,19H2,1-3H3. The summed E-state index contributed by atoms with van der Waals surface area (Å²) in [6.45, 7) is 8.76. The molecule has 26 heavy (non-hydrogen) atoms. The summed E-state index contributed by atoms with van der Waals surface area (Å²) in [7, 11) is 0. The first-order valence-electron chi connectivity index (χ1n) is 8.98. The third-order valence-corrected chi connectivity index (χ3v) is 4.46. The summed E-state index contributed by atoms with van der Waals surface area (Å²) in [5, 5.41) is 0. The van der Waals surface area contributed by atoms with Crippen LogP contribution < -0.4 is 15.5 Å². The van der Waals surface area contributed by atoms with Crippen LogP contribution in [0, 0.1) is 0 Å². The van der Waals surface area contributed by atoms with E-state index in [1.54, 1.807) is 16.0 Å². The summed E-state index contributed by atoms with van der Waals surface area (Å²) in [6, 6.07) is 3.69. The number of hydrogen-bond donors (Lipinski definition) is 1. The second-order valence-electron chi connectivity index (χ2n) is 7.80. The van der Waals surface area contributed by atoms with Gasteiger partial charge in [0.15, 0.2) is 0 Å². The van der Waals surface area contributed by atoms with Gasteiger partial charge in [0.2, 0.25) is 5.91 Å². The third-order valence-electron chi connectivity index (χ3n) is 4.46. The normalized spacial score (nSPS) is 21.3. The Morgan fingerprint density at radius 1 is 1.23 bits per heavy atom. The summed E-state index contributed by atoms with van der Waals surface area (Å²) in [6.07, 6.45) is 1.88. The van der Waals surface area contributed by atoms with Crippen molar-refractivity contribution in [1.82, 2.24) is 9.88 Å². The molecule has 2 N–H and O–H groups in total. The van der Waals surface area contributed by atoms with Crippen LogP contribution in [-0.4, -0.2) is 66.3 Å². The fourth-order valence-corrected chi connectivity index (χ4v) is 3.16. The molecule has 8 heteroatoms. The van der Waals surface area contributed by atoms with Crippen LogP contribution in [0.1, 0.15) is 27.2 Å². The van der Waals surface area contributed by atoms with Crippen molar-refractivity contribution >= 4 is 23.5 Å². The molecule has 2 aliphatic rings. The lowest BCUT2D eigenvalue weighted by atomic mass is 10.2. The van der Waals surface area contributed by atoms with Gasteiger partial charge in [0.1, 0.15) is 11.4 Å². The zero-order valence-electron chi connectivity index (χ0n) is 15.6. The van der Waals surface area contributed by atoms with Crippen LogP contribution >= 0.6 is 0 Å². The Morgan fingerprint density at radius 2 is 1.92 bits per heavy atom. The topological polar surface area (TPSA) is 92.0 Å². The van der Waals surface area contributed by atoms with Crippen molar-refractivity contribution in [2.24, 2.45) is 5.73 Å². The molecule has 3 rings (SSSR count). The first-order valence-corrected chi connectivity index (χ1v) is 8.98. The minimum atomic E-state index is -0.483. The van der Waals surface area contributed by atoms with E-state index >= 15 is 0 Å². The zero-order valence-corrected chi connectivity index (χ0v) is 15.6. The summed E-state index contributed by atoms with van der Waals surface area (Å²) in [5.74, 6) is 0.655. The Kier molecular flexibility index (Phi) is 5.04. The highest BCUT2D eigenvalue weighted by Gasteiger charge is 2.29. The maximum Gasteiger partial charge on any atom is 0.410 e. The van der Waals surface area contributed by atoms with Crippen LogP contribution in [-0.2, 0) is 9.53 Å². The summed E-state index contributed by atoms with van der Waals surface area (Å²) in [4.78, 5) is 34.0. The van der Waals surface area contributed by atoms with Crippen LogP contribution in [0.15, 0.2) is 18.3 Å². The lowest BCUT2D eigenvalue weighted by Gasteiger charge is -2.36. The summed E-state index contributed by atoms with van der Waals surface area (Å²) < 4.78 is 5.42. The SMILES string of the molecule is CC(C)(C)OC(=O)N1CCN(c2ccc(N3CC(N)CC3=O)nc2)CC1. The van der Waals surface area contributed by atoms with Crippen molar-refractivity contribution in [2.45, 2.75) is 38.8 Å². The molecule has 1 aromatic heterocycles. The Labute approximate surface area is 153 Å². The number of hydrogen-bond acceptors (Lipinski definition) is 6. The number of nitrogens with zero attached hydrogens (tertiary/aromatic N) is 4. The molecular weight excluding hydrogens is 334 g/mol. The Balaban J connectivity index is 1.57. The molecule has 2 amide bonds. The predicted octanol–water partition coefficient (Wildman–Crippen LogP) is 1.20. The molecule has 0 radical (unpaired) electrons. The largest absolute Gasteiger partial charge is 0.444 e. The Hall–Kier alpha value is -2.35. The highest BCUT2D eigenvalue weighted by atomic mass is 16.6. The van der Waals surface area contributed by atoms with Gasteiger partial charge in [-0.2, -0.15) is 0 Å². The lowest BCUT2D eigenvalue weighted by Crippen LogP contribution is -2.50. The van der Waals surface area contributed by atoms with Crippen molar-refractivity contribution in [1.29, 1.82) is 0 Å². The van der Waals surface area contributed by atoms with Gasteiger partial charge in [0.25, 0.3) is 0 Å². The first kappa shape index (κ1) is 18.4. The molecule has 3 heterocycles. The average Bonchev–Trinajstić information content (AvgIpc) is 2.92. The average molecular weight is 361 g/mol. The molecule has 2 aliphatic heterocycles. The van der Waals surface area contributed by atoms with Crippen LogP contribution in [0.5, 0.6) is 0 Å². The van der Waals surface area contributed by atoms with Gasteiger partial charge in [0.05, 0.1) is 11.9 Å². The maximum atomic E-state index is 12.1. The highest BCUT2D eigenvalue weighted by molar-refractivity contribution is 5.95. The van der Waals surface area contributed by atoms with E-state index in [0.29, 0.717) is 45.0 Å². The second-order valence-corrected chi connectivity index (χ2v) is 7.80. The molecule has 0 aromatic carbocycles. The molecule has 1 atom stereocenters. The van der Waals surface area contributed by atoms with Crippen LogP contribution in [0.2, 0.25) is 0 Å². The fourth-order valence-electron chi connectivity index (χ4n) is 3.16. The van der Waals surface area contributed by atoms with E-state index in [9.17, 15) is 9.59 Å². The maximum absolute atomic E-state index is 12.1. The minimum absolute atomic E-state index is 0.0173. The predicted molar refractivity (Wildman–Crippen MR) is 99.2 cm³/mol. The van der Waals surface area contributed by atoms with E-state index in [-0.39, 0.29) is 18.0 Å². The number of carbonyl (C=O) groups is 2. The molecule has 0 aliphatic carbocycles. The molecule has 8 nitrogen and oxygen atoms in total. The van der Waals surface area contributed by atoms with E-state index in [0.717, 1.165) is 5.69 Å². The fraction of sp³-hybridized carbons (Fsp3) is 0.611. The smallest absolute Gasteiger partial charge is 0.410 e. The van der Waals surface area contributed by atoms with E-state index < -0.39 is 5.60 Å². The number of nitrogens with two attached hydrogens (primary N) is 1. The van der Waals surface area contributed by atoms with Crippen molar-refractivity contribution in [2.75, 3.05) is 42.5 Å². The van der Waals surface area contributed by atoms with E-state index in [1.807, 2.05) is 32.9 Å². The first-order chi connectivity index (χ1) is 12.2. The molecule has 2 fully saturated rings. The quantitative estimate of drug-likeness (QED) is 0.851. The molecule has 0 bridgehead atoms. The molecule has 2 saturated heterocycles. The molecule has 1 aromatic rings. The number of rotatable bonds is 2. The van der Waals surface area contributed by atoms with Crippen molar-refractivity contribution in [3.8, 4) is 0 Å². The summed E-state index contributed by atoms with van der Waals surface area (Å²) >= 11 is 0. The van der Waals surface area contributed by atoms with Gasteiger partial charge in [-0.15, -0.1) is 0 Å². The lowest BCUT2D eigenvalue weighted by molar-refractivity contribution is -0.117. The van der Waals surface area contributed by atoms with Crippen LogP contribution in [0.4, 0.5) is 16.3 Å². The van der Waals surface area contributed by atoms with Gasteiger partial charge in [-0.25, -0.2) is 9.78 Å². The number of carbonyl (C=O) groups excluding carboxylic acids is 2. The number of piperazine rings is 1. The van der Waals surface area contributed by atoms with Crippen LogP contribution in [0.25, 0.3) is 0 Å². The van der Waals surface area contributed by atoms with Gasteiger partial charge >= 0.3 is 6.09 Å². The number of ether oxygens (including phenoxy) is 1. The molecule has 0 saturated carbocycles. The van der Waals surface area contributed by atoms with E-state index in [4.69, 9.17) is 10.5 Å². The number of anilines is 2. The number of amides is 2. The van der Waals surface area contributed by atoms with Crippen molar-refractivity contribution in [3.63, 3.8) is 0 Å². The third kappa shape index (κ3) is 4.24. The minimum Gasteiger partial charge on any atom is -0.444 e. The molecule has 0 spiro atoms. The Bertz CT molecular complexity index is 662. The Morgan fingerprint density at radius 3 is 2.42 bits per heavy atom. The number of pyridine rings is 1. The number of aromatic nitrogens is 1. The highest BCUT2D eigenvalue weighted by Crippen LogP contribution is 2.23. The monoisotopic (exact) mass is 361 g/mol. The molecule has 142 valence electrons. The van der Waals surface area contributed by atoms with Gasteiger partial charge in [0, 0.05) is 45.2 Å². The van der Waals surface area contributed by atoms with Gasteiger partial charge < -0.3 is 20.3 Å². The zero-order chi connectivity index (χ0) is 18.9. The van der Waals surface area contributed by atoms with E-state index in [1.165, 1.54) is 0 Å². The molecular formula is C18H27N5O3. The van der Waals surface area contributed by atoms with Gasteiger partial charge in [-0.3, -0.25) is 9.69 Å². The van der Waals surface area contributed by atoms with Crippen molar-refractivity contribution in [3.05, 3.63) is 18.3 Å². The van der Waals surface area contributed by atoms with Gasteiger partial charge in [-0.05, 0) is 32.9 Å². The van der Waals surface area contributed by atoms with Crippen LogP contribution in [0.3, 0.4) is 0 Å². The van der Waals surface area contributed by atoms with Crippen molar-refractivity contribution < 1.29 is 14.3 Å². The van der Waals surface area contributed by atoms with E-state index in [2.05, 4.69) is 9.88 Å². The second kappa shape index (κ2) is 7.11.